The molecule has 4 saturated carbocycles. The molecule has 0 amide bonds. The Kier molecular flexibility index (Phi) is 4.89. The van der Waals surface area contributed by atoms with Gasteiger partial charge < -0.3 is 4.74 Å². The number of hydrogen-bond donors (Lipinski definition) is 0. The monoisotopic (exact) mass is 427 g/mol. The fraction of sp³-hybridized carbons (Fsp3) is 0.458. The van der Waals surface area contributed by atoms with Crippen LogP contribution in [0.1, 0.15) is 49.7 Å². The SMILES string of the molecule is CCc1ccc(Oc2ncc(Cl)cc2F)cc1C1C(=O)C2C3CCC(CC3)C2C1=O. The van der Waals surface area contributed by atoms with Crippen LogP contribution in [0.4, 0.5) is 4.39 Å². The topological polar surface area (TPSA) is 56.3 Å². The Morgan fingerprint density at radius 3 is 2.27 bits per heavy atom. The lowest BCUT2D eigenvalue weighted by Gasteiger charge is -2.43. The van der Waals surface area contributed by atoms with Crippen molar-refractivity contribution in [2.45, 2.75) is 44.9 Å². The van der Waals surface area contributed by atoms with Gasteiger partial charge >= 0.3 is 0 Å². The van der Waals surface area contributed by atoms with Crippen molar-refractivity contribution < 1.29 is 18.7 Å². The smallest absolute Gasteiger partial charge is 0.255 e. The summed E-state index contributed by atoms with van der Waals surface area (Å²) in [5, 5.41) is 0.182. The third-order valence-corrected chi connectivity index (χ3v) is 7.45. The molecule has 4 fully saturated rings. The van der Waals surface area contributed by atoms with Crippen molar-refractivity contribution in [3.05, 3.63) is 52.4 Å². The average Bonchev–Trinajstić information content (AvgIpc) is 3.03. The second-order valence-electron chi connectivity index (χ2n) is 8.72. The fourth-order valence-electron chi connectivity index (χ4n) is 5.92. The Morgan fingerprint density at radius 1 is 1.07 bits per heavy atom. The molecule has 30 heavy (non-hydrogen) atoms. The van der Waals surface area contributed by atoms with E-state index in [1.807, 2.05) is 13.0 Å². The van der Waals surface area contributed by atoms with Crippen molar-refractivity contribution in [1.82, 2.24) is 4.98 Å². The number of hydrogen-bond acceptors (Lipinski definition) is 4. The van der Waals surface area contributed by atoms with Gasteiger partial charge in [-0.25, -0.2) is 9.37 Å². The predicted molar refractivity (Wildman–Crippen MR) is 110 cm³/mol. The minimum Gasteiger partial charge on any atom is -0.436 e. The van der Waals surface area contributed by atoms with Crippen LogP contribution < -0.4 is 4.74 Å². The standard InChI is InChI=1S/C24H23ClFNO3/c1-2-12-7-8-16(30-24-18(26)9-15(25)11-27-24)10-17(12)21-22(28)19-13-3-4-14(6-5-13)20(19)23(21)29/h7-11,13-14,19-21H,2-6H2,1H3. The molecule has 1 aromatic heterocycles. The number of aryl methyl sites for hydroxylation is 1. The first-order chi connectivity index (χ1) is 14.5. The highest BCUT2D eigenvalue weighted by Gasteiger charge is 2.59. The normalized spacial score (nSPS) is 29.9. The predicted octanol–water partition coefficient (Wildman–Crippen LogP) is 5.52. The van der Waals surface area contributed by atoms with E-state index in [0.29, 0.717) is 29.6 Å². The number of halogens is 2. The summed E-state index contributed by atoms with van der Waals surface area (Å²) in [6.07, 6.45) is 6.24. The molecule has 0 N–H and O–H groups in total. The Balaban J connectivity index is 1.51. The van der Waals surface area contributed by atoms with E-state index < -0.39 is 11.7 Å². The molecule has 4 aliphatic carbocycles. The molecule has 4 aliphatic rings. The Bertz CT molecular complexity index is 1000. The van der Waals surface area contributed by atoms with Gasteiger partial charge in [0, 0.05) is 18.0 Å². The quantitative estimate of drug-likeness (QED) is 0.603. The zero-order valence-electron chi connectivity index (χ0n) is 16.7. The summed E-state index contributed by atoms with van der Waals surface area (Å²) >= 11 is 5.76. The van der Waals surface area contributed by atoms with Gasteiger partial charge in [-0.2, -0.15) is 0 Å². The van der Waals surface area contributed by atoms with E-state index in [1.165, 1.54) is 6.20 Å². The molecule has 1 aromatic carbocycles. The molecule has 2 atom stereocenters. The maximum atomic E-state index is 14.1. The van der Waals surface area contributed by atoms with Gasteiger partial charge in [0.05, 0.1) is 5.02 Å². The lowest BCUT2D eigenvalue weighted by atomic mass is 9.59. The highest BCUT2D eigenvalue weighted by molar-refractivity contribution is 6.30. The largest absolute Gasteiger partial charge is 0.436 e. The van der Waals surface area contributed by atoms with Crippen LogP contribution in [0.2, 0.25) is 5.02 Å². The third-order valence-electron chi connectivity index (χ3n) is 7.24. The molecule has 2 aromatic rings. The Labute approximate surface area is 179 Å². The summed E-state index contributed by atoms with van der Waals surface area (Å²) in [5.74, 6) is -0.651. The van der Waals surface area contributed by atoms with Crippen molar-refractivity contribution in [2.24, 2.45) is 23.7 Å². The molecule has 1 heterocycles. The molecule has 6 rings (SSSR count). The summed E-state index contributed by atoms with van der Waals surface area (Å²) in [6, 6.07) is 6.43. The molecule has 0 radical (unpaired) electrons. The number of pyridine rings is 1. The lowest BCUT2D eigenvalue weighted by molar-refractivity contribution is -0.129. The third kappa shape index (κ3) is 3.06. The van der Waals surface area contributed by atoms with Crippen molar-refractivity contribution in [3.8, 4) is 11.6 Å². The summed E-state index contributed by atoms with van der Waals surface area (Å²) in [7, 11) is 0. The number of aromatic nitrogens is 1. The Hall–Kier alpha value is -2.27. The highest BCUT2D eigenvalue weighted by Crippen LogP contribution is 2.56. The van der Waals surface area contributed by atoms with Crippen LogP contribution in [0.5, 0.6) is 11.6 Å². The molecular weight excluding hydrogens is 405 g/mol. The maximum Gasteiger partial charge on any atom is 0.255 e. The zero-order chi connectivity index (χ0) is 21.0. The minimum absolute atomic E-state index is 0.0713. The zero-order valence-corrected chi connectivity index (χ0v) is 17.5. The van der Waals surface area contributed by atoms with E-state index in [0.717, 1.165) is 37.3 Å². The van der Waals surface area contributed by atoms with Crippen LogP contribution in [-0.4, -0.2) is 16.6 Å². The molecule has 2 bridgehead atoms. The Morgan fingerprint density at radius 2 is 1.70 bits per heavy atom. The molecule has 6 heteroatoms. The molecular formula is C24H23ClFNO3. The number of benzene rings is 1. The van der Waals surface area contributed by atoms with Crippen LogP contribution in [-0.2, 0) is 16.0 Å². The fourth-order valence-corrected chi connectivity index (χ4v) is 6.06. The summed E-state index contributed by atoms with van der Waals surface area (Å²) in [6.45, 7) is 2.00. The van der Waals surface area contributed by atoms with Crippen LogP contribution in [0.25, 0.3) is 0 Å². The van der Waals surface area contributed by atoms with E-state index in [9.17, 15) is 14.0 Å². The van der Waals surface area contributed by atoms with E-state index in [2.05, 4.69) is 4.98 Å². The van der Waals surface area contributed by atoms with Gasteiger partial charge in [-0.3, -0.25) is 9.59 Å². The van der Waals surface area contributed by atoms with Crippen molar-refractivity contribution >= 4 is 23.2 Å². The number of rotatable bonds is 4. The summed E-state index contributed by atoms with van der Waals surface area (Å²) < 4.78 is 19.8. The van der Waals surface area contributed by atoms with Crippen LogP contribution in [0.15, 0.2) is 30.5 Å². The van der Waals surface area contributed by atoms with E-state index in [-0.39, 0.29) is 34.3 Å². The first-order valence-electron chi connectivity index (χ1n) is 10.7. The molecule has 0 spiro atoms. The number of Topliss-reactive ketones (excluding diaryl/α,β-unsaturated/α-hetero) is 2. The van der Waals surface area contributed by atoms with Gasteiger partial charge in [-0.05, 0) is 73.3 Å². The van der Waals surface area contributed by atoms with E-state index in [1.54, 1.807) is 12.1 Å². The highest BCUT2D eigenvalue weighted by atomic mass is 35.5. The van der Waals surface area contributed by atoms with Gasteiger partial charge in [-0.1, -0.05) is 24.6 Å². The lowest BCUT2D eigenvalue weighted by Crippen LogP contribution is -2.41. The van der Waals surface area contributed by atoms with Gasteiger partial charge in [0.15, 0.2) is 17.4 Å². The van der Waals surface area contributed by atoms with E-state index >= 15 is 0 Å². The van der Waals surface area contributed by atoms with Crippen molar-refractivity contribution in [2.75, 3.05) is 0 Å². The van der Waals surface area contributed by atoms with Crippen LogP contribution in [0.3, 0.4) is 0 Å². The molecule has 156 valence electrons. The second-order valence-corrected chi connectivity index (χ2v) is 9.16. The molecule has 2 unspecified atom stereocenters. The maximum absolute atomic E-state index is 14.1. The molecule has 4 nitrogen and oxygen atoms in total. The van der Waals surface area contributed by atoms with Crippen LogP contribution in [0, 0.1) is 29.5 Å². The average molecular weight is 428 g/mol. The number of fused-ring (bicyclic) bond motifs is 2. The molecule has 0 saturated heterocycles. The van der Waals surface area contributed by atoms with Gasteiger partial charge in [0.25, 0.3) is 5.88 Å². The van der Waals surface area contributed by atoms with Crippen LogP contribution >= 0.6 is 11.6 Å². The van der Waals surface area contributed by atoms with Crippen molar-refractivity contribution in [1.29, 1.82) is 0 Å². The van der Waals surface area contributed by atoms with Gasteiger partial charge in [0.2, 0.25) is 0 Å². The van der Waals surface area contributed by atoms with Crippen molar-refractivity contribution in [3.63, 3.8) is 0 Å². The number of carbonyl (C=O) groups is 2. The number of ether oxygens (including phenoxy) is 1. The minimum atomic E-state index is -0.734. The van der Waals surface area contributed by atoms with Gasteiger partial charge in [0.1, 0.15) is 11.7 Å². The van der Waals surface area contributed by atoms with E-state index in [4.69, 9.17) is 16.3 Å². The first-order valence-corrected chi connectivity index (χ1v) is 11.0. The van der Waals surface area contributed by atoms with Gasteiger partial charge in [-0.15, -0.1) is 0 Å². The second kappa shape index (κ2) is 7.45. The summed E-state index contributed by atoms with van der Waals surface area (Å²) in [4.78, 5) is 30.7. The number of carbonyl (C=O) groups excluding carboxylic acids is 2. The molecule has 0 aliphatic heterocycles. The number of ketones is 2. The first kappa shape index (κ1) is 19.7. The summed E-state index contributed by atoms with van der Waals surface area (Å²) in [5.41, 5.74) is 1.65. The number of nitrogens with zero attached hydrogens (tertiary/aromatic N) is 1.